The van der Waals surface area contributed by atoms with E-state index < -0.39 is 5.97 Å². The molecule has 7 heteroatoms. The minimum atomic E-state index is -0.958. The lowest BCUT2D eigenvalue weighted by molar-refractivity contribution is -0.137. The molecule has 0 spiro atoms. The zero-order valence-electron chi connectivity index (χ0n) is 11.2. The monoisotopic (exact) mass is 323 g/mol. The van der Waals surface area contributed by atoms with Gasteiger partial charge in [-0.1, -0.05) is 36.1 Å². The van der Waals surface area contributed by atoms with Crippen molar-refractivity contribution in [2.75, 3.05) is 13.7 Å². The van der Waals surface area contributed by atoms with Crippen LogP contribution in [0.1, 0.15) is 12.0 Å². The molecule has 0 radical (unpaired) electrons. The van der Waals surface area contributed by atoms with Crippen LogP contribution in [0, 0.1) is 0 Å². The highest BCUT2D eigenvalue weighted by molar-refractivity contribution is 8.26. The van der Waals surface area contributed by atoms with Gasteiger partial charge < -0.3 is 9.84 Å². The first-order valence-corrected chi connectivity index (χ1v) is 7.35. The summed E-state index contributed by atoms with van der Waals surface area (Å²) in [5.74, 6) is -0.514. The van der Waals surface area contributed by atoms with Crippen molar-refractivity contribution in [2.24, 2.45) is 0 Å². The predicted octanol–water partition coefficient (Wildman–Crippen LogP) is 2.37. The predicted molar refractivity (Wildman–Crippen MR) is 85.1 cm³/mol. The van der Waals surface area contributed by atoms with E-state index >= 15 is 0 Å². The van der Waals surface area contributed by atoms with Crippen LogP contribution in [-0.4, -0.2) is 39.9 Å². The fraction of sp³-hybridized carbons (Fsp3) is 0.214. The number of nitrogens with zero attached hydrogens (tertiary/aromatic N) is 1. The highest BCUT2D eigenvalue weighted by Crippen LogP contribution is 2.32. The summed E-state index contributed by atoms with van der Waals surface area (Å²) in [5.41, 5.74) is 0.827. The van der Waals surface area contributed by atoms with Crippen LogP contribution in [0.3, 0.4) is 0 Å². The zero-order valence-corrected chi connectivity index (χ0v) is 12.9. The summed E-state index contributed by atoms with van der Waals surface area (Å²) >= 11 is 6.30. The molecule has 0 aromatic heterocycles. The molecule has 0 atom stereocenters. The van der Waals surface area contributed by atoms with Gasteiger partial charge in [0.2, 0.25) is 0 Å². The van der Waals surface area contributed by atoms with E-state index in [-0.39, 0.29) is 18.9 Å². The van der Waals surface area contributed by atoms with E-state index in [1.807, 2.05) is 24.3 Å². The van der Waals surface area contributed by atoms with E-state index in [0.29, 0.717) is 15.0 Å². The molecule has 1 aromatic carbocycles. The Hall–Kier alpha value is -1.86. The lowest BCUT2D eigenvalue weighted by atomic mass is 10.2. The Labute approximate surface area is 131 Å². The molecule has 0 bridgehead atoms. The maximum atomic E-state index is 12.2. The maximum Gasteiger partial charge on any atom is 0.305 e. The average molecular weight is 323 g/mol. The van der Waals surface area contributed by atoms with E-state index in [2.05, 4.69) is 0 Å². The molecule has 1 aliphatic rings. The van der Waals surface area contributed by atoms with Crippen molar-refractivity contribution in [2.45, 2.75) is 6.42 Å². The van der Waals surface area contributed by atoms with Crippen LogP contribution < -0.4 is 4.74 Å². The van der Waals surface area contributed by atoms with Gasteiger partial charge in [0.1, 0.15) is 10.1 Å². The lowest BCUT2D eigenvalue weighted by Gasteiger charge is -2.12. The highest BCUT2D eigenvalue weighted by atomic mass is 32.2. The number of carboxylic acid groups (broad SMARTS) is 1. The number of thioether (sulfide) groups is 1. The molecular formula is C14H13NO4S2. The van der Waals surface area contributed by atoms with Gasteiger partial charge in [0.15, 0.2) is 0 Å². The quantitative estimate of drug-likeness (QED) is 0.663. The summed E-state index contributed by atoms with van der Waals surface area (Å²) in [6.45, 7) is 0.0927. The molecule has 1 heterocycles. The normalized spacial score (nSPS) is 16.6. The molecule has 5 nitrogen and oxygen atoms in total. The molecule has 1 saturated heterocycles. The standard InChI is InChI=1S/C14H13NO4S2/c1-19-10-4-2-3-9(7-10)8-11-13(18)15(14(20)21-11)6-5-12(16)17/h2-4,7-8H,5-6H2,1H3,(H,16,17)/b11-8+. The van der Waals surface area contributed by atoms with Gasteiger partial charge in [-0.15, -0.1) is 0 Å². The van der Waals surface area contributed by atoms with Gasteiger partial charge in [-0.2, -0.15) is 0 Å². The molecule has 1 fully saturated rings. The van der Waals surface area contributed by atoms with Crippen LogP contribution >= 0.6 is 24.0 Å². The summed E-state index contributed by atoms with van der Waals surface area (Å²) in [5, 5.41) is 8.69. The largest absolute Gasteiger partial charge is 0.497 e. The van der Waals surface area contributed by atoms with Crippen molar-refractivity contribution in [1.82, 2.24) is 4.90 Å². The third-order valence-electron chi connectivity index (χ3n) is 2.81. The molecule has 1 aliphatic heterocycles. The summed E-state index contributed by atoms with van der Waals surface area (Å²) in [4.78, 5) is 24.6. The second-order valence-corrected chi connectivity index (χ2v) is 5.93. The molecule has 1 amide bonds. The van der Waals surface area contributed by atoms with Crippen molar-refractivity contribution in [3.05, 3.63) is 34.7 Å². The van der Waals surface area contributed by atoms with E-state index in [1.165, 1.54) is 16.7 Å². The summed E-state index contributed by atoms with van der Waals surface area (Å²) in [6, 6.07) is 7.31. The fourth-order valence-electron chi connectivity index (χ4n) is 1.78. The minimum absolute atomic E-state index is 0.0927. The van der Waals surface area contributed by atoms with Crippen molar-refractivity contribution in [1.29, 1.82) is 0 Å². The van der Waals surface area contributed by atoms with E-state index in [1.54, 1.807) is 13.2 Å². The number of rotatable bonds is 5. The Bertz CT molecular complexity index is 627. The Kier molecular flexibility index (Phi) is 4.98. The molecular weight excluding hydrogens is 310 g/mol. The Morgan fingerprint density at radius 1 is 1.52 bits per heavy atom. The van der Waals surface area contributed by atoms with Crippen molar-refractivity contribution in [3.8, 4) is 5.75 Å². The number of ether oxygens (including phenoxy) is 1. The van der Waals surface area contributed by atoms with Crippen LogP contribution in [-0.2, 0) is 9.59 Å². The molecule has 1 N–H and O–H groups in total. The third-order valence-corrected chi connectivity index (χ3v) is 4.19. The maximum absolute atomic E-state index is 12.2. The van der Waals surface area contributed by atoms with Crippen molar-refractivity contribution in [3.63, 3.8) is 0 Å². The summed E-state index contributed by atoms with van der Waals surface area (Å²) in [7, 11) is 1.57. The number of methoxy groups -OCH3 is 1. The fourth-order valence-corrected chi connectivity index (χ4v) is 3.09. The second-order valence-electron chi connectivity index (χ2n) is 4.25. The number of thiocarbonyl (C=S) groups is 1. The number of hydrogen-bond acceptors (Lipinski definition) is 5. The van der Waals surface area contributed by atoms with Crippen LogP contribution in [0.5, 0.6) is 5.75 Å². The first-order valence-electron chi connectivity index (χ1n) is 6.12. The number of hydrogen-bond donors (Lipinski definition) is 1. The number of aliphatic carboxylic acids is 1. The van der Waals surface area contributed by atoms with Gasteiger partial charge >= 0.3 is 5.97 Å². The summed E-state index contributed by atoms with van der Waals surface area (Å²) in [6.07, 6.45) is 1.60. The number of amides is 1. The lowest BCUT2D eigenvalue weighted by Crippen LogP contribution is -2.30. The first-order chi connectivity index (χ1) is 10.0. The molecule has 0 saturated carbocycles. The van der Waals surface area contributed by atoms with Crippen LogP contribution in [0.15, 0.2) is 29.2 Å². The number of carbonyl (C=O) groups excluding carboxylic acids is 1. The van der Waals surface area contributed by atoms with Gasteiger partial charge in [0.05, 0.1) is 18.4 Å². The Morgan fingerprint density at radius 2 is 2.29 bits per heavy atom. The highest BCUT2D eigenvalue weighted by Gasteiger charge is 2.31. The van der Waals surface area contributed by atoms with Gasteiger partial charge in [-0.05, 0) is 23.8 Å². The van der Waals surface area contributed by atoms with Gasteiger partial charge in [0, 0.05) is 6.54 Å². The Balaban J connectivity index is 2.17. The average Bonchev–Trinajstić information content (AvgIpc) is 2.71. The molecule has 110 valence electrons. The van der Waals surface area contributed by atoms with Crippen LogP contribution in [0.25, 0.3) is 6.08 Å². The SMILES string of the molecule is COc1cccc(/C=C2/SC(=S)N(CCC(=O)O)C2=O)c1. The van der Waals surface area contributed by atoms with E-state index in [4.69, 9.17) is 22.1 Å². The minimum Gasteiger partial charge on any atom is -0.497 e. The van der Waals surface area contributed by atoms with E-state index in [9.17, 15) is 9.59 Å². The topological polar surface area (TPSA) is 66.8 Å². The smallest absolute Gasteiger partial charge is 0.305 e. The third kappa shape index (κ3) is 3.83. The zero-order chi connectivity index (χ0) is 15.4. The number of carboxylic acids is 1. The number of benzene rings is 1. The molecule has 0 unspecified atom stereocenters. The van der Waals surface area contributed by atoms with Gasteiger partial charge in [0.25, 0.3) is 5.91 Å². The van der Waals surface area contributed by atoms with Crippen LogP contribution in [0.2, 0.25) is 0 Å². The first kappa shape index (κ1) is 15.5. The molecule has 1 aromatic rings. The second kappa shape index (κ2) is 6.73. The van der Waals surface area contributed by atoms with Gasteiger partial charge in [-0.25, -0.2) is 0 Å². The molecule has 2 rings (SSSR count). The Morgan fingerprint density at radius 3 is 2.95 bits per heavy atom. The van der Waals surface area contributed by atoms with Crippen LogP contribution in [0.4, 0.5) is 0 Å². The van der Waals surface area contributed by atoms with Crippen molar-refractivity contribution >= 4 is 46.3 Å². The van der Waals surface area contributed by atoms with E-state index in [0.717, 1.165) is 5.56 Å². The van der Waals surface area contributed by atoms with Gasteiger partial charge in [-0.3, -0.25) is 14.5 Å². The summed E-state index contributed by atoms with van der Waals surface area (Å²) < 4.78 is 5.52. The van der Waals surface area contributed by atoms with Crippen molar-refractivity contribution < 1.29 is 19.4 Å². The molecule has 21 heavy (non-hydrogen) atoms. The number of carbonyl (C=O) groups is 2. The molecule has 0 aliphatic carbocycles.